The number of carbonyl (C=O) groups excluding carboxylic acids is 1. The highest BCUT2D eigenvalue weighted by Gasteiger charge is 2.05. The Morgan fingerprint density at radius 3 is 2.40 bits per heavy atom. The molecule has 0 aliphatic rings. The highest BCUT2D eigenvalue weighted by molar-refractivity contribution is 6.32. The Kier molecular flexibility index (Phi) is 9.06. The molecule has 0 radical (unpaired) electrons. The summed E-state index contributed by atoms with van der Waals surface area (Å²) in [6, 6.07) is 23.8. The van der Waals surface area contributed by atoms with Gasteiger partial charge in [-0.25, -0.2) is 0 Å². The molecule has 35 heavy (non-hydrogen) atoms. The van der Waals surface area contributed by atoms with E-state index < -0.39 is 5.91 Å². The first-order valence-corrected chi connectivity index (χ1v) is 11.3. The molecular formula is C27H27ClN4O3. The summed E-state index contributed by atoms with van der Waals surface area (Å²) in [5.74, 6) is 0.231. The molecule has 0 unspecified atom stereocenters. The van der Waals surface area contributed by atoms with Crippen LogP contribution in [0.5, 0.6) is 11.5 Å². The SMILES string of the molecule is N=Cc1ccc(OCCNCc2ccc(N)cc2)c2ccccc12.NC(=O)c1ccc(O)c(Cl)c1. The van der Waals surface area contributed by atoms with E-state index in [2.05, 4.69) is 5.32 Å². The minimum Gasteiger partial charge on any atom is -0.506 e. The van der Waals surface area contributed by atoms with E-state index in [-0.39, 0.29) is 16.3 Å². The maximum absolute atomic E-state index is 10.5. The van der Waals surface area contributed by atoms with Crippen LogP contribution in [-0.4, -0.2) is 30.4 Å². The lowest BCUT2D eigenvalue weighted by molar-refractivity contribution is 0.100. The van der Waals surface area contributed by atoms with Crippen LogP contribution in [-0.2, 0) is 6.54 Å². The zero-order valence-electron chi connectivity index (χ0n) is 19.0. The first kappa shape index (κ1) is 25.6. The van der Waals surface area contributed by atoms with Gasteiger partial charge >= 0.3 is 0 Å². The van der Waals surface area contributed by atoms with Gasteiger partial charge in [-0.15, -0.1) is 0 Å². The number of carbonyl (C=O) groups is 1. The summed E-state index contributed by atoms with van der Waals surface area (Å²) in [4.78, 5) is 10.5. The van der Waals surface area contributed by atoms with Crippen molar-refractivity contribution in [1.82, 2.24) is 5.32 Å². The predicted octanol–water partition coefficient (Wildman–Crippen LogP) is 4.73. The van der Waals surface area contributed by atoms with Crippen LogP contribution in [0.4, 0.5) is 5.69 Å². The van der Waals surface area contributed by atoms with E-state index in [1.807, 2.05) is 60.7 Å². The Morgan fingerprint density at radius 1 is 1.03 bits per heavy atom. The number of ether oxygens (including phenoxy) is 1. The van der Waals surface area contributed by atoms with E-state index in [0.29, 0.717) is 6.61 Å². The molecule has 0 aliphatic heterocycles. The highest BCUT2D eigenvalue weighted by atomic mass is 35.5. The van der Waals surface area contributed by atoms with Crippen molar-refractivity contribution in [3.8, 4) is 11.5 Å². The van der Waals surface area contributed by atoms with Crippen molar-refractivity contribution in [3.63, 3.8) is 0 Å². The van der Waals surface area contributed by atoms with Gasteiger partial charge < -0.3 is 32.0 Å². The maximum atomic E-state index is 10.5. The van der Waals surface area contributed by atoms with E-state index in [9.17, 15) is 4.79 Å². The number of phenolic OH excluding ortho intramolecular Hbond substituents is 1. The molecule has 1 amide bonds. The normalized spacial score (nSPS) is 10.3. The highest BCUT2D eigenvalue weighted by Crippen LogP contribution is 2.27. The van der Waals surface area contributed by atoms with Crippen LogP contribution >= 0.6 is 11.6 Å². The summed E-state index contributed by atoms with van der Waals surface area (Å²) in [5.41, 5.74) is 13.8. The van der Waals surface area contributed by atoms with Crippen molar-refractivity contribution in [3.05, 3.63) is 101 Å². The fourth-order valence-corrected chi connectivity index (χ4v) is 3.49. The smallest absolute Gasteiger partial charge is 0.248 e. The minimum atomic E-state index is -0.563. The number of benzene rings is 4. The van der Waals surface area contributed by atoms with Crippen LogP contribution in [0.2, 0.25) is 5.02 Å². The van der Waals surface area contributed by atoms with Crippen LogP contribution in [0.3, 0.4) is 0 Å². The van der Waals surface area contributed by atoms with Crippen LogP contribution in [0.15, 0.2) is 78.9 Å². The first-order valence-electron chi connectivity index (χ1n) is 10.9. The molecule has 180 valence electrons. The van der Waals surface area contributed by atoms with Crippen molar-refractivity contribution >= 4 is 40.2 Å². The van der Waals surface area contributed by atoms with Crippen molar-refractivity contribution in [2.45, 2.75) is 6.54 Å². The van der Waals surface area contributed by atoms with Gasteiger partial charge in [0.2, 0.25) is 5.91 Å². The predicted molar refractivity (Wildman–Crippen MR) is 142 cm³/mol. The molecule has 7 N–H and O–H groups in total. The molecule has 0 bridgehead atoms. The number of anilines is 1. The van der Waals surface area contributed by atoms with E-state index in [4.69, 9.17) is 38.3 Å². The summed E-state index contributed by atoms with van der Waals surface area (Å²) >= 11 is 5.50. The third kappa shape index (κ3) is 7.20. The van der Waals surface area contributed by atoms with Gasteiger partial charge in [0.1, 0.15) is 18.1 Å². The van der Waals surface area contributed by atoms with Gasteiger partial charge in [0, 0.05) is 41.5 Å². The number of fused-ring (bicyclic) bond motifs is 1. The van der Waals surface area contributed by atoms with E-state index in [1.54, 1.807) is 0 Å². The second-order valence-corrected chi connectivity index (χ2v) is 8.05. The quantitative estimate of drug-likeness (QED) is 0.138. The molecule has 0 atom stereocenters. The van der Waals surface area contributed by atoms with E-state index in [1.165, 1.54) is 30.0 Å². The third-order valence-corrected chi connectivity index (χ3v) is 5.45. The van der Waals surface area contributed by atoms with Gasteiger partial charge in [-0.05, 0) is 53.4 Å². The number of nitrogens with two attached hydrogens (primary N) is 2. The van der Waals surface area contributed by atoms with Gasteiger partial charge in [0.05, 0.1) is 5.02 Å². The Balaban J connectivity index is 0.000000261. The average Bonchev–Trinajstić information content (AvgIpc) is 2.87. The largest absolute Gasteiger partial charge is 0.506 e. The molecule has 7 nitrogen and oxygen atoms in total. The molecule has 0 saturated carbocycles. The number of hydrogen-bond donors (Lipinski definition) is 5. The average molecular weight is 491 g/mol. The Labute approximate surface area is 208 Å². The summed E-state index contributed by atoms with van der Waals surface area (Å²) in [6.45, 7) is 2.13. The van der Waals surface area contributed by atoms with E-state index >= 15 is 0 Å². The number of primary amides is 1. The van der Waals surface area contributed by atoms with Crippen LogP contribution in [0.1, 0.15) is 21.5 Å². The van der Waals surface area contributed by atoms with Crippen molar-refractivity contribution in [1.29, 1.82) is 5.41 Å². The number of aromatic hydroxyl groups is 1. The second-order valence-electron chi connectivity index (χ2n) is 7.64. The van der Waals surface area contributed by atoms with Gasteiger partial charge in [0.15, 0.2) is 0 Å². The minimum absolute atomic E-state index is 0.0586. The zero-order chi connectivity index (χ0) is 25.2. The molecule has 0 aromatic heterocycles. The summed E-state index contributed by atoms with van der Waals surface area (Å²) < 4.78 is 5.92. The van der Waals surface area contributed by atoms with Gasteiger partial charge in [0.25, 0.3) is 0 Å². The Bertz CT molecular complexity index is 1310. The second kappa shape index (κ2) is 12.4. The fourth-order valence-electron chi connectivity index (χ4n) is 3.31. The van der Waals surface area contributed by atoms with Crippen LogP contribution in [0, 0.1) is 5.41 Å². The molecule has 0 aliphatic carbocycles. The molecule has 4 aromatic rings. The first-order chi connectivity index (χ1) is 16.9. The lowest BCUT2D eigenvalue weighted by atomic mass is 10.0. The maximum Gasteiger partial charge on any atom is 0.248 e. The van der Waals surface area contributed by atoms with Crippen molar-refractivity contribution in [2.24, 2.45) is 5.73 Å². The molecular weight excluding hydrogens is 464 g/mol. The number of amides is 1. The number of nitrogen functional groups attached to an aromatic ring is 1. The van der Waals surface area contributed by atoms with Crippen LogP contribution < -0.4 is 21.5 Å². The molecule has 4 aromatic carbocycles. The van der Waals surface area contributed by atoms with Crippen molar-refractivity contribution < 1.29 is 14.6 Å². The van der Waals surface area contributed by atoms with Gasteiger partial charge in [-0.3, -0.25) is 4.79 Å². The topological polar surface area (TPSA) is 134 Å². The fraction of sp³-hybridized carbons (Fsp3) is 0.111. The number of hydrogen-bond acceptors (Lipinski definition) is 6. The standard InChI is InChI=1S/C20H21N3O.C7H6ClNO2/c21-13-16-7-10-20(19-4-2-1-3-18(16)19)24-12-11-23-14-15-5-8-17(22)9-6-15;8-5-3-4(7(9)11)1-2-6(5)10/h1-10,13,21,23H,11-12,14,22H2;1-3,10H,(H2,9,11). The molecule has 0 saturated heterocycles. The lowest BCUT2D eigenvalue weighted by Gasteiger charge is -2.11. The van der Waals surface area contributed by atoms with Crippen LogP contribution in [0.25, 0.3) is 10.8 Å². The summed E-state index contributed by atoms with van der Waals surface area (Å²) in [5, 5.41) is 22.0. The monoisotopic (exact) mass is 490 g/mol. The molecule has 0 spiro atoms. The lowest BCUT2D eigenvalue weighted by Crippen LogP contribution is -2.20. The number of halogens is 1. The van der Waals surface area contributed by atoms with E-state index in [0.717, 1.165) is 40.9 Å². The van der Waals surface area contributed by atoms with Gasteiger partial charge in [-0.1, -0.05) is 48.0 Å². The third-order valence-electron chi connectivity index (χ3n) is 5.15. The molecule has 0 fully saturated rings. The summed E-state index contributed by atoms with van der Waals surface area (Å²) in [6.07, 6.45) is 1.38. The number of phenols is 1. The summed E-state index contributed by atoms with van der Waals surface area (Å²) in [7, 11) is 0. The Hall–Kier alpha value is -4.07. The number of nitrogens with one attached hydrogen (secondary N) is 2. The molecule has 8 heteroatoms. The zero-order valence-corrected chi connectivity index (χ0v) is 19.8. The molecule has 0 heterocycles. The van der Waals surface area contributed by atoms with Gasteiger partial charge in [-0.2, -0.15) is 0 Å². The number of rotatable bonds is 8. The Morgan fingerprint density at radius 2 is 1.74 bits per heavy atom. The van der Waals surface area contributed by atoms with Crippen molar-refractivity contribution in [2.75, 3.05) is 18.9 Å². The molecule has 4 rings (SSSR count).